The van der Waals surface area contributed by atoms with Gasteiger partial charge in [0, 0.05) is 6.54 Å². The van der Waals surface area contributed by atoms with Gasteiger partial charge in [-0.2, -0.15) is 0 Å². The molecular formula is C23H29NO4. The Labute approximate surface area is 167 Å². The number of rotatable bonds is 7. The van der Waals surface area contributed by atoms with Crippen LogP contribution in [-0.2, 0) is 4.79 Å². The van der Waals surface area contributed by atoms with E-state index in [9.17, 15) is 4.79 Å². The topological polar surface area (TPSA) is 48.0 Å². The average molecular weight is 383 g/mol. The normalized spacial score (nSPS) is 16.1. The fraction of sp³-hybridized carbons (Fsp3) is 0.435. The second-order valence-corrected chi connectivity index (χ2v) is 7.16. The molecule has 1 unspecified atom stereocenters. The van der Waals surface area contributed by atoms with Crippen LogP contribution in [0.5, 0.6) is 17.2 Å². The molecule has 0 aromatic heterocycles. The Morgan fingerprint density at radius 1 is 1.07 bits per heavy atom. The summed E-state index contributed by atoms with van der Waals surface area (Å²) in [5, 5.41) is 0. The summed E-state index contributed by atoms with van der Waals surface area (Å²) in [4.78, 5) is 14.8. The van der Waals surface area contributed by atoms with Crippen LogP contribution in [-0.4, -0.2) is 38.2 Å². The van der Waals surface area contributed by atoms with E-state index in [1.165, 1.54) is 5.56 Å². The third-order valence-corrected chi connectivity index (χ3v) is 5.49. The van der Waals surface area contributed by atoms with Crippen LogP contribution in [0.15, 0.2) is 36.4 Å². The Balaban J connectivity index is 1.64. The minimum absolute atomic E-state index is 0.0769. The predicted octanol–water partition coefficient (Wildman–Crippen LogP) is 4.45. The van der Waals surface area contributed by atoms with E-state index in [0.29, 0.717) is 24.5 Å². The Hall–Kier alpha value is -2.69. The van der Waals surface area contributed by atoms with Crippen molar-refractivity contribution in [2.75, 3.05) is 27.4 Å². The van der Waals surface area contributed by atoms with Gasteiger partial charge in [-0.3, -0.25) is 4.79 Å². The fourth-order valence-electron chi connectivity index (χ4n) is 3.74. The molecule has 2 aromatic rings. The van der Waals surface area contributed by atoms with E-state index in [0.717, 1.165) is 36.3 Å². The average Bonchev–Trinajstić information content (AvgIpc) is 3.20. The van der Waals surface area contributed by atoms with E-state index in [1.807, 2.05) is 42.2 Å². The highest BCUT2D eigenvalue weighted by atomic mass is 16.5. The zero-order chi connectivity index (χ0) is 20.1. The quantitative estimate of drug-likeness (QED) is 0.709. The number of carbonyl (C=O) groups excluding carboxylic acids is 1. The highest BCUT2D eigenvalue weighted by Gasteiger charge is 2.30. The molecule has 2 aromatic carbocycles. The number of amides is 1. The molecule has 1 aliphatic rings. The third kappa shape index (κ3) is 4.24. The van der Waals surface area contributed by atoms with Crippen molar-refractivity contribution in [3.05, 3.63) is 53.1 Å². The summed E-state index contributed by atoms with van der Waals surface area (Å²) in [6.45, 7) is 5.27. The number of likely N-dealkylation sites (tertiary alicyclic amines) is 1. The fourth-order valence-corrected chi connectivity index (χ4v) is 3.74. The van der Waals surface area contributed by atoms with Gasteiger partial charge in [-0.15, -0.1) is 0 Å². The minimum atomic E-state index is 0.0769. The van der Waals surface area contributed by atoms with Crippen LogP contribution < -0.4 is 14.2 Å². The van der Waals surface area contributed by atoms with Crippen molar-refractivity contribution in [2.24, 2.45) is 0 Å². The second kappa shape index (κ2) is 9.00. The number of benzene rings is 2. The van der Waals surface area contributed by atoms with Crippen LogP contribution in [0.2, 0.25) is 0 Å². The molecule has 0 bridgehead atoms. The van der Waals surface area contributed by atoms with E-state index >= 15 is 0 Å². The van der Waals surface area contributed by atoms with Crippen LogP contribution >= 0.6 is 0 Å². The SMILES string of the molecule is COc1ccc(C2CCCN2C(=O)CCOc2cccc(C)c2C)cc1OC. The maximum Gasteiger partial charge on any atom is 0.226 e. The van der Waals surface area contributed by atoms with Crippen LogP contribution in [0, 0.1) is 13.8 Å². The van der Waals surface area contributed by atoms with Crippen LogP contribution in [0.4, 0.5) is 0 Å². The zero-order valence-electron chi connectivity index (χ0n) is 17.2. The Morgan fingerprint density at radius 2 is 1.86 bits per heavy atom. The molecular weight excluding hydrogens is 354 g/mol. The van der Waals surface area contributed by atoms with Gasteiger partial charge >= 0.3 is 0 Å². The first-order valence-corrected chi connectivity index (χ1v) is 9.75. The van der Waals surface area contributed by atoms with E-state index in [-0.39, 0.29) is 11.9 Å². The Kier molecular flexibility index (Phi) is 6.45. The van der Waals surface area contributed by atoms with Crippen molar-refractivity contribution < 1.29 is 19.0 Å². The van der Waals surface area contributed by atoms with Gasteiger partial charge in [0.15, 0.2) is 11.5 Å². The van der Waals surface area contributed by atoms with Crippen molar-refractivity contribution >= 4 is 5.91 Å². The molecule has 0 N–H and O–H groups in total. The molecule has 1 saturated heterocycles. The van der Waals surface area contributed by atoms with Crippen molar-refractivity contribution in [1.82, 2.24) is 4.90 Å². The summed E-state index contributed by atoms with van der Waals surface area (Å²) in [7, 11) is 3.25. The molecule has 0 aliphatic carbocycles. The lowest BCUT2D eigenvalue weighted by molar-refractivity contribution is -0.132. The van der Waals surface area contributed by atoms with Gasteiger partial charge in [0.1, 0.15) is 5.75 Å². The Bertz CT molecular complexity index is 833. The third-order valence-electron chi connectivity index (χ3n) is 5.49. The van der Waals surface area contributed by atoms with E-state index in [2.05, 4.69) is 13.0 Å². The lowest BCUT2D eigenvalue weighted by Crippen LogP contribution is -2.31. The summed E-state index contributed by atoms with van der Waals surface area (Å²) < 4.78 is 16.6. The first-order valence-electron chi connectivity index (χ1n) is 9.75. The number of methoxy groups -OCH3 is 2. The van der Waals surface area contributed by atoms with Gasteiger partial charge in [-0.1, -0.05) is 18.2 Å². The molecule has 0 spiro atoms. The molecule has 150 valence electrons. The number of ether oxygens (including phenoxy) is 3. The molecule has 3 rings (SSSR count). The van der Waals surface area contributed by atoms with Crippen LogP contribution in [0.25, 0.3) is 0 Å². The molecule has 28 heavy (non-hydrogen) atoms. The van der Waals surface area contributed by atoms with Crippen molar-refractivity contribution in [2.45, 2.75) is 39.2 Å². The van der Waals surface area contributed by atoms with Gasteiger partial charge in [0.25, 0.3) is 0 Å². The van der Waals surface area contributed by atoms with E-state index in [1.54, 1.807) is 14.2 Å². The van der Waals surface area contributed by atoms with Crippen molar-refractivity contribution in [1.29, 1.82) is 0 Å². The number of hydrogen-bond donors (Lipinski definition) is 0. The number of nitrogens with zero attached hydrogens (tertiary/aromatic N) is 1. The molecule has 1 heterocycles. The zero-order valence-corrected chi connectivity index (χ0v) is 17.2. The minimum Gasteiger partial charge on any atom is -0.493 e. The van der Waals surface area contributed by atoms with Gasteiger partial charge in [-0.25, -0.2) is 0 Å². The van der Waals surface area contributed by atoms with Crippen LogP contribution in [0.1, 0.15) is 42.0 Å². The van der Waals surface area contributed by atoms with Crippen molar-refractivity contribution in [3.63, 3.8) is 0 Å². The molecule has 1 atom stereocenters. The molecule has 5 heteroatoms. The summed E-state index contributed by atoms with van der Waals surface area (Å²) in [5.74, 6) is 2.37. The lowest BCUT2D eigenvalue weighted by atomic mass is 10.0. The summed E-state index contributed by atoms with van der Waals surface area (Å²) >= 11 is 0. The van der Waals surface area contributed by atoms with Crippen molar-refractivity contribution in [3.8, 4) is 17.2 Å². The second-order valence-electron chi connectivity index (χ2n) is 7.16. The first kappa shape index (κ1) is 20.1. The summed E-state index contributed by atoms with van der Waals surface area (Å²) in [6.07, 6.45) is 2.33. The standard InChI is InChI=1S/C23H29NO4/c1-16-7-5-9-20(17(16)2)28-14-12-23(25)24-13-6-8-19(24)18-10-11-21(26-3)22(15-18)27-4/h5,7,9-11,15,19H,6,8,12-14H2,1-4H3. The smallest absolute Gasteiger partial charge is 0.226 e. The first-order chi connectivity index (χ1) is 13.5. The molecule has 5 nitrogen and oxygen atoms in total. The van der Waals surface area contributed by atoms with Gasteiger partial charge in [0.2, 0.25) is 5.91 Å². The number of aryl methyl sites for hydroxylation is 1. The number of hydrogen-bond acceptors (Lipinski definition) is 4. The molecule has 0 radical (unpaired) electrons. The molecule has 1 fully saturated rings. The largest absolute Gasteiger partial charge is 0.493 e. The summed E-state index contributed by atoms with van der Waals surface area (Å²) in [5.41, 5.74) is 3.40. The highest BCUT2D eigenvalue weighted by molar-refractivity contribution is 5.77. The monoisotopic (exact) mass is 383 g/mol. The van der Waals surface area contributed by atoms with Gasteiger partial charge < -0.3 is 19.1 Å². The molecule has 0 saturated carbocycles. The van der Waals surface area contributed by atoms with Gasteiger partial charge in [-0.05, 0) is 61.6 Å². The van der Waals surface area contributed by atoms with E-state index in [4.69, 9.17) is 14.2 Å². The maximum atomic E-state index is 12.8. The number of carbonyl (C=O) groups is 1. The molecule has 1 aliphatic heterocycles. The van der Waals surface area contributed by atoms with E-state index < -0.39 is 0 Å². The van der Waals surface area contributed by atoms with Gasteiger partial charge in [0.05, 0.1) is 33.3 Å². The summed E-state index contributed by atoms with van der Waals surface area (Å²) in [6, 6.07) is 12.0. The highest BCUT2D eigenvalue weighted by Crippen LogP contribution is 2.37. The Morgan fingerprint density at radius 3 is 2.61 bits per heavy atom. The van der Waals surface area contributed by atoms with Crippen LogP contribution in [0.3, 0.4) is 0 Å². The predicted molar refractivity (Wildman–Crippen MR) is 109 cm³/mol. The lowest BCUT2D eigenvalue weighted by Gasteiger charge is -2.26. The maximum absolute atomic E-state index is 12.8. The molecule has 1 amide bonds.